The lowest BCUT2D eigenvalue weighted by Crippen LogP contribution is -2.53. The number of ether oxygens (including phenoxy) is 3. The molecule has 5 rings (SSSR count). The number of amides is 2. The molecule has 2 aliphatic heterocycles. The Morgan fingerprint density at radius 2 is 1.90 bits per heavy atom. The van der Waals surface area contributed by atoms with Crippen LogP contribution < -0.4 is 19.3 Å². The molecule has 2 amide bonds. The minimum absolute atomic E-state index is 0.0868. The molecule has 9 nitrogen and oxygen atoms in total. The monoisotopic (exact) mass is 431 g/mol. The second kappa shape index (κ2) is 7.34. The van der Waals surface area contributed by atoms with Crippen LogP contribution in [0, 0.1) is 11.6 Å². The van der Waals surface area contributed by atoms with E-state index >= 15 is 8.78 Å². The maximum atomic E-state index is 15.2. The zero-order valence-corrected chi connectivity index (χ0v) is 16.8. The van der Waals surface area contributed by atoms with Crippen LogP contribution in [0.1, 0.15) is 12.0 Å². The first-order valence-corrected chi connectivity index (χ1v) is 9.64. The molecule has 2 aromatic heterocycles. The molecule has 4 heterocycles. The topological polar surface area (TPSA) is 92.8 Å². The normalized spacial score (nSPS) is 18.6. The Hall–Kier alpha value is -3.47. The van der Waals surface area contributed by atoms with Gasteiger partial charge >= 0.3 is 6.03 Å². The first-order valence-electron chi connectivity index (χ1n) is 9.64. The van der Waals surface area contributed by atoms with Crippen molar-refractivity contribution in [1.82, 2.24) is 15.2 Å². The molecule has 1 N–H and O–H groups in total. The van der Waals surface area contributed by atoms with Crippen molar-refractivity contribution in [3.8, 4) is 11.5 Å². The molecule has 3 aromatic rings. The van der Waals surface area contributed by atoms with Crippen molar-refractivity contribution in [1.29, 1.82) is 0 Å². The number of carbonyl (C=O) groups is 1. The molecule has 0 bridgehead atoms. The van der Waals surface area contributed by atoms with Gasteiger partial charge in [0.25, 0.3) is 0 Å². The Morgan fingerprint density at radius 1 is 1.16 bits per heavy atom. The third-order valence-corrected chi connectivity index (χ3v) is 5.63. The van der Waals surface area contributed by atoms with Gasteiger partial charge < -0.3 is 14.2 Å². The van der Waals surface area contributed by atoms with E-state index in [-0.39, 0.29) is 24.1 Å². The predicted molar refractivity (Wildman–Crippen MR) is 107 cm³/mol. The van der Waals surface area contributed by atoms with Gasteiger partial charge in [0, 0.05) is 24.4 Å². The molecule has 1 aromatic carbocycles. The number of fused-ring (bicyclic) bond motifs is 3. The number of hydrogen-bond acceptors (Lipinski definition) is 6. The number of halogens is 2. The highest BCUT2D eigenvalue weighted by atomic mass is 19.1. The fourth-order valence-electron chi connectivity index (χ4n) is 4.14. The van der Waals surface area contributed by atoms with E-state index in [0.29, 0.717) is 41.9 Å². The Bertz CT molecular complexity index is 1150. The predicted octanol–water partition coefficient (Wildman–Crippen LogP) is 2.99. The second-order valence-corrected chi connectivity index (χ2v) is 7.28. The van der Waals surface area contributed by atoms with Crippen LogP contribution in [0.2, 0.25) is 0 Å². The Labute approximate surface area is 175 Å². The van der Waals surface area contributed by atoms with Crippen LogP contribution in [-0.2, 0) is 11.3 Å². The first-order chi connectivity index (χ1) is 15.0. The van der Waals surface area contributed by atoms with Crippen LogP contribution in [-0.4, -0.2) is 54.7 Å². The summed E-state index contributed by atoms with van der Waals surface area (Å²) >= 11 is 0. The van der Waals surface area contributed by atoms with Gasteiger partial charge in [0.1, 0.15) is 5.69 Å². The van der Waals surface area contributed by atoms with Crippen LogP contribution in [0.3, 0.4) is 0 Å². The molecule has 1 saturated heterocycles. The van der Waals surface area contributed by atoms with E-state index < -0.39 is 23.4 Å². The summed E-state index contributed by atoms with van der Waals surface area (Å²) in [6.45, 7) is 0.711. The molecule has 1 fully saturated rings. The zero-order valence-electron chi connectivity index (χ0n) is 16.8. The molecule has 0 saturated carbocycles. The molecule has 0 radical (unpaired) electrons. The summed E-state index contributed by atoms with van der Waals surface area (Å²) in [6, 6.07) is 0.230. The highest BCUT2D eigenvalue weighted by Crippen LogP contribution is 2.43. The standard InChI is InChI=1S/C20H19F2N5O4/c1-29-13-5-14(30-2)16(22)18(15(13)21)26-8-10-6-23-19-12(7-24-25-19)17(10)27(20(26)28)11-3-4-31-9-11/h5-7,11H,3-4,8-9H2,1-2H3,(H,23,24,25). The van der Waals surface area contributed by atoms with Crippen LogP contribution in [0.25, 0.3) is 11.0 Å². The van der Waals surface area contributed by atoms with E-state index in [1.165, 1.54) is 19.1 Å². The summed E-state index contributed by atoms with van der Waals surface area (Å²) < 4.78 is 46.0. The fraction of sp³-hybridized carbons (Fsp3) is 0.350. The van der Waals surface area contributed by atoms with Crippen LogP contribution in [0.15, 0.2) is 18.5 Å². The highest BCUT2D eigenvalue weighted by molar-refractivity contribution is 6.11. The van der Waals surface area contributed by atoms with E-state index in [1.54, 1.807) is 12.4 Å². The number of methoxy groups -OCH3 is 2. The average molecular weight is 431 g/mol. The lowest BCUT2D eigenvalue weighted by atomic mass is 10.0. The van der Waals surface area contributed by atoms with Crippen molar-refractivity contribution in [2.45, 2.75) is 19.0 Å². The molecule has 1 unspecified atom stereocenters. The minimum atomic E-state index is -0.988. The summed E-state index contributed by atoms with van der Waals surface area (Å²) in [5.74, 6) is -2.44. The third-order valence-electron chi connectivity index (χ3n) is 5.63. The van der Waals surface area contributed by atoms with E-state index in [2.05, 4.69) is 15.2 Å². The average Bonchev–Trinajstić information content (AvgIpc) is 3.46. The van der Waals surface area contributed by atoms with Gasteiger partial charge in [0.05, 0.1) is 50.7 Å². The van der Waals surface area contributed by atoms with Crippen molar-refractivity contribution in [3.05, 3.63) is 35.7 Å². The lowest BCUT2D eigenvalue weighted by Gasteiger charge is -2.40. The molecule has 2 aliphatic rings. The van der Waals surface area contributed by atoms with Crippen molar-refractivity contribution in [2.75, 3.05) is 37.2 Å². The van der Waals surface area contributed by atoms with Gasteiger partial charge in [-0.15, -0.1) is 0 Å². The van der Waals surface area contributed by atoms with Gasteiger partial charge in [-0.05, 0) is 6.42 Å². The number of nitrogens with one attached hydrogen (secondary N) is 1. The molecular formula is C20H19F2N5O4. The summed E-state index contributed by atoms with van der Waals surface area (Å²) in [4.78, 5) is 20.6. The maximum absolute atomic E-state index is 15.2. The Morgan fingerprint density at radius 3 is 2.55 bits per heavy atom. The van der Waals surface area contributed by atoms with Gasteiger partial charge in [-0.3, -0.25) is 14.9 Å². The number of rotatable bonds is 4. The highest BCUT2D eigenvalue weighted by Gasteiger charge is 2.41. The summed E-state index contributed by atoms with van der Waals surface area (Å²) in [6.07, 6.45) is 3.75. The number of nitrogens with zero attached hydrogens (tertiary/aromatic N) is 4. The van der Waals surface area contributed by atoms with E-state index in [0.717, 1.165) is 11.0 Å². The number of aromatic nitrogens is 3. The molecule has 162 valence electrons. The number of urea groups is 1. The molecular weight excluding hydrogens is 412 g/mol. The van der Waals surface area contributed by atoms with E-state index in [9.17, 15) is 4.79 Å². The van der Waals surface area contributed by atoms with Gasteiger partial charge in [0.15, 0.2) is 28.8 Å². The Balaban J connectivity index is 1.72. The lowest BCUT2D eigenvalue weighted by molar-refractivity contribution is 0.192. The van der Waals surface area contributed by atoms with Gasteiger partial charge in [-0.2, -0.15) is 5.10 Å². The number of aromatic amines is 1. The second-order valence-electron chi connectivity index (χ2n) is 7.28. The van der Waals surface area contributed by atoms with Crippen LogP contribution >= 0.6 is 0 Å². The van der Waals surface area contributed by atoms with Gasteiger partial charge in [-0.25, -0.2) is 18.6 Å². The summed E-state index contributed by atoms with van der Waals surface area (Å²) in [5, 5.41) is 7.47. The molecule has 31 heavy (non-hydrogen) atoms. The maximum Gasteiger partial charge on any atom is 0.329 e. The van der Waals surface area contributed by atoms with Crippen molar-refractivity contribution in [2.24, 2.45) is 0 Å². The van der Waals surface area contributed by atoms with Crippen LogP contribution in [0.4, 0.5) is 25.0 Å². The summed E-state index contributed by atoms with van der Waals surface area (Å²) in [5.41, 5.74) is 1.22. The molecule has 11 heteroatoms. The van der Waals surface area contributed by atoms with E-state index in [1.807, 2.05) is 0 Å². The van der Waals surface area contributed by atoms with Crippen molar-refractivity contribution >= 4 is 28.4 Å². The number of hydrogen-bond donors (Lipinski definition) is 1. The minimum Gasteiger partial charge on any atom is -0.493 e. The smallest absolute Gasteiger partial charge is 0.329 e. The van der Waals surface area contributed by atoms with E-state index in [4.69, 9.17) is 14.2 Å². The summed E-state index contributed by atoms with van der Waals surface area (Å²) in [7, 11) is 2.52. The number of carbonyl (C=O) groups excluding carboxylic acids is 1. The molecule has 0 aliphatic carbocycles. The fourth-order valence-corrected chi connectivity index (χ4v) is 4.14. The van der Waals surface area contributed by atoms with Gasteiger partial charge in [-0.1, -0.05) is 0 Å². The molecule has 0 spiro atoms. The number of anilines is 2. The number of H-pyrrole nitrogens is 1. The number of pyridine rings is 1. The van der Waals surface area contributed by atoms with Crippen molar-refractivity contribution < 1.29 is 27.8 Å². The van der Waals surface area contributed by atoms with Crippen LogP contribution in [0.5, 0.6) is 11.5 Å². The quantitative estimate of drug-likeness (QED) is 0.683. The zero-order chi connectivity index (χ0) is 21.7. The van der Waals surface area contributed by atoms with Crippen molar-refractivity contribution in [3.63, 3.8) is 0 Å². The first kappa shape index (κ1) is 19.5. The largest absolute Gasteiger partial charge is 0.493 e. The Kier molecular flexibility index (Phi) is 4.62. The third kappa shape index (κ3) is 2.87. The SMILES string of the molecule is COc1cc(OC)c(F)c(N2Cc3cnc4[nH]ncc4c3N(C3CCOC3)C2=O)c1F. The molecule has 1 atom stereocenters. The number of benzene rings is 1. The van der Waals surface area contributed by atoms with Gasteiger partial charge in [0.2, 0.25) is 0 Å².